The van der Waals surface area contributed by atoms with Gasteiger partial charge in [-0.3, -0.25) is 0 Å². The molecular formula is C14H24FN3O2S. The maximum Gasteiger partial charge on any atom is 0.261 e. The van der Waals surface area contributed by atoms with Crippen molar-refractivity contribution >= 4 is 10.0 Å². The van der Waals surface area contributed by atoms with Crippen molar-refractivity contribution in [2.75, 3.05) is 20.6 Å². The smallest absolute Gasteiger partial charge is 0.261 e. The normalized spacial score (nSPS) is 13.9. The third-order valence-electron chi connectivity index (χ3n) is 3.72. The molecule has 1 atom stereocenters. The number of hydrogen-bond donors (Lipinski definition) is 1. The fraction of sp³-hybridized carbons (Fsp3) is 0.643. The van der Waals surface area contributed by atoms with Crippen molar-refractivity contribution in [3.63, 3.8) is 0 Å². The molecule has 1 heterocycles. The summed E-state index contributed by atoms with van der Waals surface area (Å²) in [6.45, 7) is 4.40. The molecule has 0 aliphatic rings. The predicted octanol–water partition coefficient (Wildman–Crippen LogP) is 1.87. The van der Waals surface area contributed by atoms with Gasteiger partial charge < -0.3 is 4.90 Å². The summed E-state index contributed by atoms with van der Waals surface area (Å²) in [7, 11) is -0.102. The molecule has 21 heavy (non-hydrogen) atoms. The molecule has 0 saturated carbocycles. The Hall–Kier alpha value is -1.05. The Morgan fingerprint density at radius 2 is 1.95 bits per heavy atom. The van der Waals surface area contributed by atoms with E-state index in [-0.39, 0.29) is 12.6 Å². The highest BCUT2D eigenvalue weighted by Crippen LogP contribution is 2.17. The zero-order valence-electron chi connectivity index (χ0n) is 13.0. The lowest BCUT2D eigenvalue weighted by Gasteiger charge is -2.31. The Bertz CT molecular complexity index is 545. The van der Waals surface area contributed by atoms with Crippen molar-refractivity contribution in [1.29, 1.82) is 0 Å². The molecule has 1 unspecified atom stereocenters. The van der Waals surface area contributed by atoms with Crippen LogP contribution in [0.4, 0.5) is 4.39 Å². The van der Waals surface area contributed by atoms with Crippen LogP contribution in [0.25, 0.3) is 0 Å². The second kappa shape index (κ2) is 7.82. The minimum atomic E-state index is -3.93. The standard InChI is InChI=1S/C14H24FN3O2S/c1-5-11(6-2)13(18(3)4)10-17-21(19,20)14-12(15)8-7-9-16-14/h7-9,11,13,17H,5-6,10H2,1-4H3. The molecule has 7 heteroatoms. The quantitative estimate of drug-likeness (QED) is 0.795. The van der Waals surface area contributed by atoms with Gasteiger partial charge in [0.15, 0.2) is 5.82 Å². The second-order valence-electron chi connectivity index (χ2n) is 5.25. The number of aromatic nitrogens is 1. The van der Waals surface area contributed by atoms with E-state index in [2.05, 4.69) is 23.6 Å². The largest absolute Gasteiger partial charge is 0.305 e. The van der Waals surface area contributed by atoms with Crippen LogP contribution in [0.3, 0.4) is 0 Å². The first-order valence-electron chi connectivity index (χ1n) is 7.10. The van der Waals surface area contributed by atoms with E-state index in [0.29, 0.717) is 5.92 Å². The fourth-order valence-corrected chi connectivity index (χ4v) is 3.49. The first-order valence-corrected chi connectivity index (χ1v) is 8.58. The van der Waals surface area contributed by atoms with Crippen molar-refractivity contribution < 1.29 is 12.8 Å². The lowest BCUT2D eigenvalue weighted by molar-refractivity contribution is 0.201. The molecule has 0 radical (unpaired) electrons. The molecule has 0 aromatic carbocycles. The zero-order valence-corrected chi connectivity index (χ0v) is 13.8. The van der Waals surface area contributed by atoms with Crippen LogP contribution in [0, 0.1) is 11.7 Å². The van der Waals surface area contributed by atoms with Crippen molar-refractivity contribution in [1.82, 2.24) is 14.6 Å². The van der Waals surface area contributed by atoms with Gasteiger partial charge in [-0.1, -0.05) is 26.7 Å². The van der Waals surface area contributed by atoms with Crippen LogP contribution in [-0.2, 0) is 10.0 Å². The summed E-state index contributed by atoms with van der Waals surface area (Å²) in [5.41, 5.74) is 0. The lowest BCUT2D eigenvalue weighted by atomic mass is 9.93. The minimum Gasteiger partial charge on any atom is -0.305 e. The Kier molecular flexibility index (Phi) is 6.70. The van der Waals surface area contributed by atoms with Crippen LogP contribution >= 0.6 is 0 Å². The van der Waals surface area contributed by atoms with Gasteiger partial charge in [-0.05, 0) is 32.1 Å². The van der Waals surface area contributed by atoms with E-state index in [1.807, 2.05) is 19.0 Å². The molecule has 1 aromatic heterocycles. The summed E-state index contributed by atoms with van der Waals surface area (Å²) in [5.74, 6) is -0.467. The van der Waals surface area contributed by atoms with Crippen LogP contribution in [0.1, 0.15) is 26.7 Å². The van der Waals surface area contributed by atoms with Crippen LogP contribution in [0.5, 0.6) is 0 Å². The molecule has 0 aliphatic heterocycles. The third kappa shape index (κ3) is 4.72. The molecule has 1 rings (SSSR count). The van der Waals surface area contributed by atoms with Gasteiger partial charge in [0.25, 0.3) is 10.0 Å². The summed E-state index contributed by atoms with van der Waals surface area (Å²) < 4.78 is 40.3. The average Bonchev–Trinajstić information content (AvgIpc) is 2.43. The average molecular weight is 317 g/mol. The molecule has 0 aliphatic carbocycles. The first-order chi connectivity index (χ1) is 9.83. The molecule has 1 aromatic rings. The number of nitrogens with zero attached hydrogens (tertiary/aromatic N) is 2. The zero-order chi connectivity index (χ0) is 16.0. The van der Waals surface area contributed by atoms with Gasteiger partial charge in [-0.15, -0.1) is 0 Å². The highest BCUT2D eigenvalue weighted by molar-refractivity contribution is 7.89. The van der Waals surface area contributed by atoms with E-state index in [4.69, 9.17) is 0 Å². The molecule has 0 saturated heterocycles. The minimum absolute atomic E-state index is 0.0570. The van der Waals surface area contributed by atoms with E-state index >= 15 is 0 Å². The van der Waals surface area contributed by atoms with Gasteiger partial charge in [0, 0.05) is 18.8 Å². The number of rotatable bonds is 8. The van der Waals surface area contributed by atoms with Crippen molar-refractivity contribution in [2.24, 2.45) is 5.92 Å². The van der Waals surface area contributed by atoms with Gasteiger partial charge in [-0.2, -0.15) is 0 Å². The van der Waals surface area contributed by atoms with E-state index in [0.717, 1.165) is 18.9 Å². The van der Waals surface area contributed by atoms with Crippen LogP contribution in [-0.4, -0.2) is 45.0 Å². The highest BCUT2D eigenvalue weighted by atomic mass is 32.2. The Balaban J connectivity index is 2.87. The van der Waals surface area contributed by atoms with Crippen LogP contribution < -0.4 is 4.72 Å². The Morgan fingerprint density at radius 1 is 1.33 bits per heavy atom. The second-order valence-corrected chi connectivity index (χ2v) is 6.93. The molecule has 120 valence electrons. The fourth-order valence-electron chi connectivity index (χ4n) is 2.44. The first kappa shape index (κ1) is 18.0. The monoisotopic (exact) mass is 317 g/mol. The molecule has 0 spiro atoms. The number of nitrogens with one attached hydrogen (secondary N) is 1. The van der Waals surface area contributed by atoms with Crippen LogP contribution in [0.15, 0.2) is 23.4 Å². The molecule has 1 N–H and O–H groups in total. The summed E-state index contributed by atoms with van der Waals surface area (Å²) in [6, 6.07) is 2.51. The maximum atomic E-state index is 13.6. The summed E-state index contributed by atoms with van der Waals surface area (Å²) in [6.07, 6.45) is 3.18. The van der Waals surface area contributed by atoms with E-state index < -0.39 is 20.9 Å². The van der Waals surface area contributed by atoms with Crippen molar-refractivity contribution in [3.05, 3.63) is 24.1 Å². The predicted molar refractivity (Wildman–Crippen MR) is 80.9 cm³/mol. The number of sulfonamides is 1. The summed E-state index contributed by atoms with van der Waals surface area (Å²) in [5, 5.41) is -0.549. The SMILES string of the molecule is CCC(CC)C(CNS(=O)(=O)c1ncccc1F)N(C)C. The maximum absolute atomic E-state index is 13.6. The summed E-state index contributed by atoms with van der Waals surface area (Å²) >= 11 is 0. The number of hydrogen-bond acceptors (Lipinski definition) is 4. The number of halogens is 1. The van der Waals surface area contributed by atoms with Gasteiger partial charge in [-0.25, -0.2) is 22.5 Å². The molecule has 5 nitrogen and oxygen atoms in total. The van der Waals surface area contributed by atoms with Gasteiger partial charge in [0.1, 0.15) is 0 Å². The highest BCUT2D eigenvalue weighted by Gasteiger charge is 2.25. The van der Waals surface area contributed by atoms with Gasteiger partial charge in [0.05, 0.1) is 0 Å². The molecular weight excluding hydrogens is 293 g/mol. The Morgan fingerprint density at radius 3 is 2.43 bits per heavy atom. The third-order valence-corrected chi connectivity index (χ3v) is 5.07. The van der Waals surface area contributed by atoms with E-state index in [1.165, 1.54) is 12.3 Å². The topological polar surface area (TPSA) is 62.3 Å². The Labute approximate surface area is 126 Å². The number of likely N-dealkylation sites (N-methyl/N-ethyl adjacent to an activating group) is 1. The lowest BCUT2D eigenvalue weighted by Crippen LogP contribution is -2.44. The number of pyridine rings is 1. The summed E-state index contributed by atoms with van der Waals surface area (Å²) in [4.78, 5) is 5.61. The van der Waals surface area contributed by atoms with Gasteiger partial charge >= 0.3 is 0 Å². The van der Waals surface area contributed by atoms with Crippen LogP contribution in [0.2, 0.25) is 0 Å². The van der Waals surface area contributed by atoms with Gasteiger partial charge in [0.2, 0.25) is 5.03 Å². The van der Waals surface area contributed by atoms with E-state index in [1.54, 1.807) is 0 Å². The van der Waals surface area contributed by atoms with Crippen molar-refractivity contribution in [3.8, 4) is 0 Å². The van der Waals surface area contributed by atoms with Crippen molar-refractivity contribution in [2.45, 2.75) is 37.8 Å². The van der Waals surface area contributed by atoms with E-state index in [9.17, 15) is 12.8 Å². The molecule has 0 fully saturated rings. The molecule has 0 amide bonds. The molecule has 0 bridgehead atoms.